The van der Waals surface area contributed by atoms with E-state index in [4.69, 9.17) is 33.0 Å². The molecule has 0 spiro atoms. The maximum absolute atomic E-state index is 13.4. The van der Waals surface area contributed by atoms with E-state index < -0.39 is 0 Å². The van der Waals surface area contributed by atoms with Crippen molar-refractivity contribution in [3.05, 3.63) is 69.7 Å². The highest BCUT2D eigenvalue weighted by Gasteiger charge is 2.35. The fourth-order valence-corrected chi connectivity index (χ4v) is 4.66. The van der Waals surface area contributed by atoms with Crippen LogP contribution in [0, 0.1) is 0 Å². The Bertz CT molecular complexity index is 1050. The van der Waals surface area contributed by atoms with Crippen molar-refractivity contribution in [1.82, 2.24) is 14.8 Å². The normalized spacial score (nSPS) is 18.9. The average molecular weight is 489 g/mol. The summed E-state index contributed by atoms with van der Waals surface area (Å²) in [5, 5.41) is 7.43. The van der Waals surface area contributed by atoms with E-state index in [0.717, 1.165) is 16.8 Å². The van der Waals surface area contributed by atoms with E-state index in [1.165, 1.54) is 5.01 Å². The average Bonchev–Trinajstić information content (AvgIpc) is 3.25. The van der Waals surface area contributed by atoms with Crippen LogP contribution in [0.25, 0.3) is 0 Å². The SMILES string of the molecule is CCOC(=O)N1CCN(CC(=O)N2N=C(c3ccccc3Cl)C[C@H]2c2ccccc2Cl)CC1. The van der Waals surface area contributed by atoms with Crippen LogP contribution >= 0.6 is 23.2 Å². The standard InChI is InChI=1S/C24H26Cl2N4O3/c1-2-33-24(32)29-13-11-28(12-14-29)16-23(31)30-22(18-8-4-6-10-20(18)26)15-21(27-30)17-7-3-5-9-19(17)25/h3-10,22H,2,11-16H2,1H3/t22-/m0/s1. The van der Waals surface area contributed by atoms with Gasteiger partial charge in [-0.15, -0.1) is 0 Å². The highest BCUT2D eigenvalue weighted by Crippen LogP contribution is 2.37. The second-order valence-electron chi connectivity index (χ2n) is 7.97. The van der Waals surface area contributed by atoms with Gasteiger partial charge < -0.3 is 9.64 Å². The van der Waals surface area contributed by atoms with Crippen molar-refractivity contribution in [2.45, 2.75) is 19.4 Å². The summed E-state index contributed by atoms with van der Waals surface area (Å²) in [4.78, 5) is 29.0. The number of hydrogen-bond acceptors (Lipinski definition) is 5. The zero-order valence-electron chi connectivity index (χ0n) is 18.4. The Morgan fingerprint density at radius 1 is 1.00 bits per heavy atom. The molecule has 2 amide bonds. The molecule has 0 saturated carbocycles. The first kappa shape index (κ1) is 23.5. The molecule has 1 fully saturated rings. The second-order valence-corrected chi connectivity index (χ2v) is 8.78. The van der Waals surface area contributed by atoms with Crippen molar-refractivity contribution in [2.75, 3.05) is 39.3 Å². The predicted octanol–water partition coefficient (Wildman–Crippen LogP) is 4.45. The van der Waals surface area contributed by atoms with Crippen LogP contribution in [0.4, 0.5) is 4.79 Å². The first-order valence-corrected chi connectivity index (χ1v) is 11.8. The molecular formula is C24H26Cl2N4O3. The van der Waals surface area contributed by atoms with Gasteiger partial charge in [0.05, 0.1) is 24.9 Å². The van der Waals surface area contributed by atoms with Gasteiger partial charge in [-0.05, 0) is 24.6 Å². The van der Waals surface area contributed by atoms with Gasteiger partial charge in [0.15, 0.2) is 0 Å². The number of carbonyl (C=O) groups is 2. The zero-order valence-corrected chi connectivity index (χ0v) is 19.9. The van der Waals surface area contributed by atoms with Gasteiger partial charge >= 0.3 is 6.09 Å². The smallest absolute Gasteiger partial charge is 0.409 e. The van der Waals surface area contributed by atoms with E-state index >= 15 is 0 Å². The highest BCUT2D eigenvalue weighted by atomic mass is 35.5. The lowest BCUT2D eigenvalue weighted by Gasteiger charge is -2.34. The molecule has 7 nitrogen and oxygen atoms in total. The molecule has 0 radical (unpaired) electrons. The lowest BCUT2D eigenvalue weighted by Crippen LogP contribution is -2.51. The van der Waals surface area contributed by atoms with Crippen LogP contribution in [0.2, 0.25) is 10.0 Å². The number of amides is 2. The third kappa shape index (κ3) is 5.32. The van der Waals surface area contributed by atoms with Gasteiger partial charge in [-0.25, -0.2) is 9.80 Å². The van der Waals surface area contributed by atoms with Gasteiger partial charge in [0.25, 0.3) is 5.91 Å². The first-order chi connectivity index (χ1) is 16.0. The van der Waals surface area contributed by atoms with Crippen molar-refractivity contribution in [3.8, 4) is 0 Å². The first-order valence-electron chi connectivity index (χ1n) is 11.0. The summed E-state index contributed by atoms with van der Waals surface area (Å²) in [5.41, 5.74) is 2.42. The fraction of sp³-hybridized carbons (Fsp3) is 0.375. The zero-order chi connectivity index (χ0) is 23.4. The summed E-state index contributed by atoms with van der Waals surface area (Å²) in [6.45, 7) is 4.57. The largest absolute Gasteiger partial charge is 0.450 e. The molecule has 0 N–H and O–H groups in total. The van der Waals surface area contributed by atoms with Crippen LogP contribution in [-0.2, 0) is 9.53 Å². The minimum atomic E-state index is -0.309. The maximum atomic E-state index is 13.4. The summed E-state index contributed by atoms with van der Waals surface area (Å²) in [6.07, 6.45) is 0.214. The Morgan fingerprint density at radius 3 is 2.33 bits per heavy atom. The van der Waals surface area contributed by atoms with Crippen LogP contribution in [0.5, 0.6) is 0 Å². The molecule has 0 bridgehead atoms. The number of ether oxygens (including phenoxy) is 1. The van der Waals surface area contributed by atoms with E-state index in [2.05, 4.69) is 0 Å². The van der Waals surface area contributed by atoms with Crippen molar-refractivity contribution in [3.63, 3.8) is 0 Å². The van der Waals surface area contributed by atoms with Gasteiger partial charge in [0.2, 0.25) is 0 Å². The van der Waals surface area contributed by atoms with Crippen LogP contribution in [0.15, 0.2) is 53.6 Å². The van der Waals surface area contributed by atoms with Crippen LogP contribution in [0.1, 0.15) is 30.5 Å². The predicted molar refractivity (Wildman–Crippen MR) is 129 cm³/mol. The summed E-state index contributed by atoms with van der Waals surface area (Å²) in [5.74, 6) is -0.119. The Kier molecular flexibility index (Phi) is 7.53. The van der Waals surface area contributed by atoms with Gasteiger partial charge in [0.1, 0.15) is 0 Å². The van der Waals surface area contributed by atoms with E-state index in [0.29, 0.717) is 49.3 Å². The molecule has 0 unspecified atom stereocenters. The van der Waals surface area contributed by atoms with Gasteiger partial charge in [-0.1, -0.05) is 59.6 Å². The lowest BCUT2D eigenvalue weighted by molar-refractivity contribution is -0.134. The fourth-order valence-electron chi connectivity index (χ4n) is 4.15. The minimum Gasteiger partial charge on any atom is -0.450 e. The number of carbonyl (C=O) groups excluding carboxylic acids is 2. The summed E-state index contributed by atoms with van der Waals surface area (Å²) >= 11 is 12.9. The molecule has 2 aromatic rings. The second kappa shape index (κ2) is 10.5. The number of piperazine rings is 1. The molecule has 9 heteroatoms. The molecule has 2 heterocycles. The number of benzene rings is 2. The summed E-state index contributed by atoms with van der Waals surface area (Å²) in [6, 6.07) is 14.7. The number of nitrogens with zero attached hydrogens (tertiary/aromatic N) is 4. The number of rotatable bonds is 5. The quantitative estimate of drug-likeness (QED) is 0.623. The molecule has 2 aliphatic rings. The van der Waals surface area contributed by atoms with E-state index in [1.54, 1.807) is 11.8 Å². The summed E-state index contributed by atoms with van der Waals surface area (Å²) < 4.78 is 5.07. The molecule has 2 aliphatic heterocycles. The molecular weight excluding hydrogens is 463 g/mol. The molecule has 33 heavy (non-hydrogen) atoms. The van der Waals surface area contributed by atoms with Crippen LogP contribution in [0.3, 0.4) is 0 Å². The number of hydrogen-bond donors (Lipinski definition) is 0. The molecule has 2 aromatic carbocycles. The molecule has 0 aromatic heterocycles. The molecule has 4 rings (SSSR count). The van der Waals surface area contributed by atoms with Crippen LogP contribution in [-0.4, -0.2) is 71.9 Å². The van der Waals surface area contributed by atoms with Crippen molar-refractivity contribution >= 4 is 40.9 Å². The minimum absolute atomic E-state index is 0.119. The Balaban J connectivity index is 1.51. The third-order valence-electron chi connectivity index (χ3n) is 5.87. The van der Waals surface area contributed by atoms with E-state index in [1.807, 2.05) is 53.4 Å². The van der Waals surface area contributed by atoms with Gasteiger partial charge in [0, 0.05) is 48.2 Å². The highest BCUT2D eigenvalue weighted by molar-refractivity contribution is 6.34. The lowest BCUT2D eigenvalue weighted by atomic mass is 9.98. The van der Waals surface area contributed by atoms with Crippen molar-refractivity contribution in [2.24, 2.45) is 5.10 Å². The van der Waals surface area contributed by atoms with Gasteiger partial charge in [-0.2, -0.15) is 5.10 Å². The number of halogens is 2. The topological polar surface area (TPSA) is 65.5 Å². The van der Waals surface area contributed by atoms with Crippen molar-refractivity contribution < 1.29 is 14.3 Å². The Morgan fingerprint density at radius 2 is 1.67 bits per heavy atom. The third-order valence-corrected chi connectivity index (χ3v) is 6.55. The molecule has 1 saturated heterocycles. The molecule has 0 aliphatic carbocycles. The van der Waals surface area contributed by atoms with Crippen LogP contribution < -0.4 is 0 Å². The van der Waals surface area contributed by atoms with E-state index in [9.17, 15) is 9.59 Å². The number of hydrazone groups is 1. The Hall–Kier alpha value is -2.61. The van der Waals surface area contributed by atoms with E-state index in [-0.39, 0.29) is 24.6 Å². The van der Waals surface area contributed by atoms with Gasteiger partial charge in [-0.3, -0.25) is 9.69 Å². The monoisotopic (exact) mass is 488 g/mol. The maximum Gasteiger partial charge on any atom is 0.409 e. The van der Waals surface area contributed by atoms with Crippen molar-refractivity contribution in [1.29, 1.82) is 0 Å². The summed E-state index contributed by atoms with van der Waals surface area (Å²) in [7, 11) is 0. The molecule has 174 valence electrons. The molecule has 1 atom stereocenters. The Labute approximate surface area is 203 Å².